The van der Waals surface area contributed by atoms with Crippen molar-refractivity contribution in [3.8, 4) is 5.75 Å². The maximum absolute atomic E-state index is 12.7. The van der Waals surface area contributed by atoms with Crippen molar-refractivity contribution in [2.45, 2.75) is 25.5 Å². The van der Waals surface area contributed by atoms with Gasteiger partial charge in [0.25, 0.3) is 5.91 Å². The average molecular weight is 340 g/mol. The van der Waals surface area contributed by atoms with Gasteiger partial charge in [0.05, 0.1) is 5.54 Å². The number of benzene rings is 1. The lowest BCUT2D eigenvalue weighted by Gasteiger charge is -2.44. The van der Waals surface area contributed by atoms with E-state index in [1.165, 1.54) is 24.3 Å². The van der Waals surface area contributed by atoms with Crippen LogP contribution in [0.2, 0.25) is 0 Å². The number of hydrogen-bond acceptors (Lipinski definition) is 4. The predicted octanol–water partition coefficient (Wildman–Crippen LogP) is 2.34. The van der Waals surface area contributed by atoms with E-state index >= 15 is 0 Å². The fraction of sp³-hybridized carbons (Fsp3) is 0.500. The smallest absolute Gasteiger partial charge is 0.410 e. The van der Waals surface area contributed by atoms with Gasteiger partial charge in [-0.25, -0.2) is 4.79 Å². The van der Waals surface area contributed by atoms with Crippen LogP contribution in [0, 0.1) is 0 Å². The fourth-order valence-electron chi connectivity index (χ4n) is 3.20. The second-order valence-electron chi connectivity index (χ2n) is 5.91. The maximum Gasteiger partial charge on any atom is 0.410 e. The molecule has 0 aromatic heterocycles. The summed E-state index contributed by atoms with van der Waals surface area (Å²) in [6.07, 6.45) is 0.349. The van der Waals surface area contributed by atoms with Gasteiger partial charge in [-0.1, -0.05) is 6.92 Å². The van der Waals surface area contributed by atoms with Gasteiger partial charge >= 0.3 is 12.7 Å². The molecule has 0 radical (unpaired) electrons. The first-order chi connectivity index (χ1) is 11.4. The van der Waals surface area contributed by atoms with E-state index in [4.69, 9.17) is 4.74 Å². The van der Waals surface area contributed by atoms with Crippen molar-refractivity contribution in [1.82, 2.24) is 9.80 Å². The van der Waals surface area contributed by atoms with Crippen LogP contribution >= 0.6 is 0 Å². The Balaban J connectivity index is 1.72. The third kappa shape index (κ3) is 2.88. The molecule has 2 amide bonds. The van der Waals surface area contributed by atoms with Gasteiger partial charge in [0.2, 0.25) is 0 Å². The number of hydrogen-bond donors (Lipinski definition) is 0. The molecule has 2 aliphatic heterocycles. The van der Waals surface area contributed by atoms with E-state index < -0.39 is 12.2 Å². The number of amides is 2. The molecule has 0 bridgehead atoms. The number of carbonyl (C=O) groups is 2. The summed E-state index contributed by atoms with van der Waals surface area (Å²) >= 11 is 0. The molecule has 2 saturated heterocycles. The molecule has 1 aromatic carbocycles. The number of rotatable bonds is 4. The summed E-state index contributed by atoms with van der Waals surface area (Å²) in [7, 11) is 0. The first-order valence-corrected chi connectivity index (χ1v) is 7.74. The highest BCUT2D eigenvalue weighted by Crippen LogP contribution is 2.32. The van der Waals surface area contributed by atoms with Gasteiger partial charge in [-0.05, 0) is 30.7 Å². The van der Waals surface area contributed by atoms with E-state index in [9.17, 15) is 18.4 Å². The first kappa shape index (κ1) is 16.5. The summed E-state index contributed by atoms with van der Waals surface area (Å²) in [4.78, 5) is 27.8. The molecule has 24 heavy (non-hydrogen) atoms. The minimum Gasteiger partial charge on any atom is -0.447 e. The zero-order valence-corrected chi connectivity index (χ0v) is 13.2. The van der Waals surface area contributed by atoms with E-state index in [-0.39, 0.29) is 24.4 Å². The van der Waals surface area contributed by atoms with Crippen molar-refractivity contribution < 1.29 is 27.8 Å². The molecule has 0 aliphatic carbocycles. The number of ether oxygens (including phenoxy) is 2. The minimum absolute atomic E-state index is 0.00573. The van der Waals surface area contributed by atoms with Gasteiger partial charge in [0, 0.05) is 25.2 Å². The largest absolute Gasteiger partial charge is 0.447 e. The fourth-order valence-corrected chi connectivity index (χ4v) is 3.20. The normalized spacial score (nSPS) is 23.2. The lowest BCUT2D eigenvalue weighted by atomic mass is 9.92. The van der Waals surface area contributed by atoms with E-state index in [1.807, 2.05) is 6.92 Å². The van der Waals surface area contributed by atoms with Crippen LogP contribution in [0.1, 0.15) is 23.7 Å². The van der Waals surface area contributed by atoms with Crippen molar-refractivity contribution in [3.05, 3.63) is 29.8 Å². The highest BCUT2D eigenvalue weighted by Gasteiger charge is 2.50. The third-order valence-corrected chi connectivity index (χ3v) is 4.61. The molecule has 6 nitrogen and oxygen atoms in total. The first-order valence-electron chi connectivity index (χ1n) is 7.74. The molecular weight excluding hydrogens is 322 g/mol. The molecule has 0 N–H and O–H groups in total. The van der Waals surface area contributed by atoms with Crippen LogP contribution in [-0.2, 0) is 4.74 Å². The second-order valence-corrected chi connectivity index (χ2v) is 5.91. The predicted molar refractivity (Wildman–Crippen MR) is 80.1 cm³/mol. The van der Waals surface area contributed by atoms with Crippen molar-refractivity contribution >= 4 is 12.0 Å². The van der Waals surface area contributed by atoms with Gasteiger partial charge in [0.15, 0.2) is 0 Å². The van der Waals surface area contributed by atoms with Crippen molar-refractivity contribution in [1.29, 1.82) is 0 Å². The summed E-state index contributed by atoms with van der Waals surface area (Å²) in [5, 5.41) is 0. The highest BCUT2D eigenvalue weighted by molar-refractivity contribution is 5.94. The highest BCUT2D eigenvalue weighted by atomic mass is 19.3. The summed E-state index contributed by atoms with van der Waals surface area (Å²) < 4.78 is 33.8. The number of piperazine rings is 1. The van der Waals surface area contributed by atoms with Crippen molar-refractivity contribution in [3.63, 3.8) is 0 Å². The summed E-state index contributed by atoms with van der Waals surface area (Å²) in [6.45, 7) is 0.551. The van der Waals surface area contributed by atoms with E-state index in [2.05, 4.69) is 4.74 Å². The number of nitrogens with zero attached hydrogens (tertiary/aromatic N) is 2. The number of carbonyl (C=O) groups excluding carboxylic acids is 2. The summed E-state index contributed by atoms with van der Waals surface area (Å²) in [5.74, 6) is -0.198. The Morgan fingerprint density at radius 1 is 1.33 bits per heavy atom. The van der Waals surface area contributed by atoms with Crippen LogP contribution in [-0.4, -0.2) is 60.2 Å². The van der Waals surface area contributed by atoms with Crippen LogP contribution < -0.4 is 4.74 Å². The number of fused-ring (bicyclic) bond motifs is 1. The SMILES string of the molecule is CCC12COC(=O)N1CCN(C(=O)c1ccc(OC(F)F)cc1)C2. The third-order valence-electron chi connectivity index (χ3n) is 4.61. The molecule has 8 heteroatoms. The van der Waals surface area contributed by atoms with Gasteiger partial charge < -0.3 is 14.4 Å². The quantitative estimate of drug-likeness (QED) is 0.844. The van der Waals surface area contributed by atoms with E-state index in [1.54, 1.807) is 9.80 Å². The second kappa shape index (κ2) is 6.26. The zero-order chi connectivity index (χ0) is 17.3. The molecule has 3 rings (SSSR count). The zero-order valence-electron chi connectivity index (χ0n) is 13.2. The van der Waals surface area contributed by atoms with Gasteiger partial charge in [-0.2, -0.15) is 8.78 Å². The maximum atomic E-state index is 12.7. The lowest BCUT2D eigenvalue weighted by molar-refractivity contribution is -0.0498. The van der Waals surface area contributed by atoms with Crippen LogP contribution in [0.5, 0.6) is 5.75 Å². The average Bonchev–Trinajstić information content (AvgIpc) is 2.91. The van der Waals surface area contributed by atoms with Crippen LogP contribution in [0.3, 0.4) is 0 Å². The Kier molecular flexibility index (Phi) is 4.29. The number of alkyl halides is 2. The summed E-state index contributed by atoms with van der Waals surface area (Å²) in [5.41, 5.74) is -0.0921. The Bertz CT molecular complexity index is 637. The van der Waals surface area contributed by atoms with Crippen LogP contribution in [0.4, 0.5) is 13.6 Å². The molecule has 2 aliphatic rings. The molecule has 1 atom stereocenters. The van der Waals surface area contributed by atoms with E-state index in [0.29, 0.717) is 31.6 Å². The Labute approximate surface area is 137 Å². The van der Waals surface area contributed by atoms with Gasteiger partial charge in [-0.15, -0.1) is 0 Å². The molecule has 0 saturated carbocycles. The molecular formula is C16H18F2N2O4. The Morgan fingerprint density at radius 3 is 2.67 bits per heavy atom. The van der Waals surface area contributed by atoms with Crippen molar-refractivity contribution in [2.24, 2.45) is 0 Å². The Morgan fingerprint density at radius 2 is 2.04 bits per heavy atom. The van der Waals surface area contributed by atoms with Gasteiger partial charge in [-0.3, -0.25) is 9.69 Å². The van der Waals surface area contributed by atoms with Crippen molar-refractivity contribution in [2.75, 3.05) is 26.2 Å². The molecule has 130 valence electrons. The van der Waals surface area contributed by atoms with Crippen LogP contribution in [0.15, 0.2) is 24.3 Å². The monoisotopic (exact) mass is 340 g/mol. The minimum atomic E-state index is -2.90. The van der Waals surface area contributed by atoms with E-state index in [0.717, 1.165) is 0 Å². The van der Waals surface area contributed by atoms with Crippen LogP contribution in [0.25, 0.3) is 0 Å². The topological polar surface area (TPSA) is 59.1 Å². The lowest BCUT2D eigenvalue weighted by Crippen LogP contribution is -2.62. The molecule has 2 heterocycles. The molecule has 1 aromatic rings. The molecule has 0 spiro atoms. The molecule has 1 unspecified atom stereocenters. The summed E-state index contributed by atoms with van der Waals surface area (Å²) in [6, 6.07) is 5.60. The number of halogens is 2. The van der Waals surface area contributed by atoms with Gasteiger partial charge in [0.1, 0.15) is 12.4 Å². The number of cyclic esters (lactones) is 1. The Hall–Kier alpha value is -2.38. The standard InChI is InChI=1S/C16H18F2N2O4/c1-2-16-9-19(7-8-20(16)15(22)23-10-16)13(21)11-3-5-12(6-4-11)24-14(17)18/h3-6,14H,2,7-10H2,1H3. The molecule has 2 fully saturated rings.